The van der Waals surface area contributed by atoms with Crippen LogP contribution in [0.4, 0.5) is 5.69 Å². The van der Waals surface area contributed by atoms with E-state index < -0.39 is 5.97 Å². The minimum atomic E-state index is -0.610. The van der Waals surface area contributed by atoms with Gasteiger partial charge in [0.15, 0.2) is 5.78 Å². The summed E-state index contributed by atoms with van der Waals surface area (Å²) in [5, 5.41) is 0. The lowest BCUT2D eigenvalue weighted by atomic mass is 10.1. The van der Waals surface area contributed by atoms with Gasteiger partial charge in [-0.15, -0.1) is 0 Å². The lowest BCUT2D eigenvalue weighted by Gasteiger charge is -2.15. The van der Waals surface area contributed by atoms with Gasteiger partial charge in [0.1, 0.15) is 12.4 Å². The third kappa shape index (κ3) is 4.51. The summed E-state index contributed by atoms with van der Waals surface area (Å²) in [5.41, 5.74) is 1.64. The average molecular weight is 395 g/mol. The van der Waals surface area contributed by atoms with Crippen LogP contribution in [0.1, 0.15) is 53.0 Å². The van der Waals surface area contributed by atoms with Crippen molar-refractivity contribution < 1.29 is 28.7 Å². The normalized spacial score (nSPS) is 13.5. The summed E-state index contributed by atoms with van der Waals surface area (Å²) in [7, 11) is 0. The molecule has 0 atom stereocenters. The molecule has 7 nitrogen and oxygen atoms in total. The van der Waals surface area contributed by atoms with Gasteiger partial charge in [-0.05, 0) is 50.2 Å². The topological polar surface area (TPSA) is 90.0 Å². The number of amides is 2. The highest BCUT2D eigenvalue weighted by Gasteiger charge is 2.30. The van der Waals surface area contributed by atoms with Crippen LogP contribution in [-0.2, 0) is 20.9 Å². The van der Waals surface area contributed by atoms with Crippen LogP contribution in [-0.4, -0.2) is 30.2 Å². The molecule has 3 rings (SSSR count). The van der Waals surface area contributed by atoms with E-state index in [2.05, 4.69) is 0 Å². The Morgan fingerprint density at radius 2 is 1.72 bits per heavy atom. The van der Waals surface area contributed by atoms with E-state index in [1.54, 1.807) is 36.4 Å². The molecule has 0 N–H and O–H groups in total. The van der Waals surface area contributed by atoms with E-state index in [1.165, 1.54) is 13.0 Å². The number of rotatable bonds is 7. The second-order valence-corrected chi connectivity index (χ2v) is 6.56. The number of ether oxygens (including phenoxy) is 2. The number of anilines is 1. The van der Waals surface area contributed by atoms with Crippen molar-refractivity contribution in [2.45, 2.75) is 33.3 Å². The Labute approximate surface area is 168 Å². The van der Waals surface area contributed by atoms with Gasteiger partial charge < -0.3 is 9.47 Å². The minimum absolute atomic E-state index is 0.0823. The minimum Gasteiger partial charge on any atom is -0.493 e. The maximum absolute atomic E-state index is 12.5. The van der Waals surface area contributed by atoms with E-state index in [9.17, 15) is 19.2 Å². The highest BCUT2D eigenvalue weighted by Crippen LogP contribution is 2.25. The van der Waals surface area contributed by atoms with Crippen molar-refractivity contribution in [2.75, 3.05) is 11.5 Å². The van der Waals surface area contributed by atoms with E-state index in [0.29, 0.717) is 29.2 Å². The molecule has 1 aliphatic heterocycles. The van der Waals surface area contributed by atoms with Crippen LogP contribution in [0.15, 0.2) is 42.5 Å². The van der Waals surface area contributed by atoms with Crippen LogP contribution in [0, 0.1) is 0 Å². The first-order valence-electron chi connectivity index (χ1n) is 9.30. The van der Waals surface area contributed by atoms with Gasteiger partial charge in [-0.3, -0.25) is 19.3 Å². The number of esters is 1. The van der Waals surface area contributed by atoms with Crippen molar-refractivity contribution in [3.63, 3.8) is 0 Å². The molecule has 0 aromatic heterocycles. The quantitative estimate of drug-likeness (QED) is 0.406. The number of benzene rings is 2. The molecule has 2 amide bonds. The summed E-state index contributed by atoms with van der Waals surface area (Å²) in [6.45, 7) is 3.64. The molecular weight excluding hydrogens is 374 g/mol. The zero-order valence-corrected chi connectivity index (χ0v) is 16.3. The molecule has 0 aliphatic carbocycles. The van der Waals surface area contributed by atoms with E-state index in [-0.39, 0.29) is 42.6 Å². The molecular formula is C22H21NO6. The summed E-state index contributed by atoms with van der Waals surface area (Å²) in [6.07, 6.45) is 0.334. The Kier molecular flexibility index (Phi) is 6.07. The Morgan fingerprint density at radius 3 is 2.38 bits per heavy atom. The van der Waals surface area contributed by atoms with Crippen LogP contribution in [0.3, 0.4) is 0 Å². The number of Topliss-reactive ketones (excluding diaryl/α,β-unsaturated/α-hetero) is 1. The fraction of sp³-hybridized carbons (Fsp3) is 0.273. The predicted molar refractivity (Wildman–Crippen MR) is 105 cm³/mol. The second-order valence-electron chi connectivity index (χ2n) is 6.56. The second kappa shape index (κ2) is 8.68. The van der Waals surface area contributed by atoms with Gasteiger partial charge in [0, 0.05) is 24.0 Å². The largest absolute Gasteiger partial charge is 0.493 e. The highest BCUT2D eigenvalue weighted by molar-refractivity contribution is 6.20. The summed E-state index contributed by atoms with van der Waals surface area (Å²) < 4.78 is 10.9. The van der Waals surface area contributed by atoms with E-state index in [0.717, 1.165) is 4.90 Å². The molecule has 150 valence electrons. The SMILES string of the molecule is CCOc1ccc(C(C)=O)cc1COC(=O)c1cccc(N2C(=O)CCC2=O)c1. The summed E-state index contributed by atoms with van der Waals surface area (Å²) in [6, 6.07) is 11.2. The van der Waals surface area contributed by atoms with Gasteiger partial charge in [0.2, 0.25) is 11.8 Å². The zero-order chi connectivity index (χ0) is 21.0. The van der Waals surface area contributed by atoms with E-state index in [1.807, 2.05) is 6.92 Å². The lowest BCUT2D eigenvalue weighted by Crippen LogP contribution is -2.28. The third-order valence-electron chi connectivity index (χ3n) is 4.52. The average Bonchev–Trinajstić information content (AvgIpc) is 3.05. The monoisotopic (exact) mass is 395 g/mol. The molecule has 0 radical (unpaired) electrons. The molecule has 7 heteroatoms. The number of carbonyl (C=O) groups excluding carboxylic acids is 4. The Hall–Kier alpha value is -3.48. The first-order chi connectivity index (χ1) is 13.9. The molecule has 1 aliphatic rings. The van der Waals surface area contributed by atoms with Crippen molar-refractivity contribution in [1.82, 2.24) is 0 Å². The maximum atomic E-state index is 12.5. The van der Waals surface area contributed by atoms with Crippen LogP contribution < -0.4 is 9.64 Å². The molecule has 1 fully saturated rings. The molecule has 0 spiro atoms. The van der Waals surface area contributed by atoms with Crippen LogP contribution in [0.25, 0.3) is 0 Å². The van der Waals surface area contributed by atoms with Crippen molar-refractivity contribution in [3.8, 4) is 5.75 Å². The van der Waals surface area contributed by atoms with E-state index >= 15 is 0 Å². The summed E-state index contributed by atoms with van der Waals surface area (Å²) in [4.78, 5) is 49.1. The first-order valence-corrected chi connectivity index (χ1v) is 9.30. The maximum Gasteiger partial charge on any atom is 0.338 e. The van der Waals surface area contributed by atoms with Crippen LogP contribution in [0.5, 0.6) is 5.75 Å². The number of nitrogens with zero attached hydrogens (tertiary/aromatic N) is 1. The van der Waals surface area contributed by atoms with Crippen molar-refractivity contribution in [3.05, 3.63) is 59.2 Å². The summed E-state index contributed by atoms with van der Waals surface area (Å²) >= 11 is 0. The molecule has 2 aromatic rings. The van der Waals surface area contributed by atoms with Crippen molar-refractivity contribution in [2.24, 2.45) is 0 Å². The number of hydrogen-bond donors (Lipinski definition) is 0. The molecule has 1 saturated heterocycles. The van der Waals surface area contributed by atoms with E-state index in [4.69, 9.17) is 9.47 Å². The summed E-state index contributed by atoms with van der Waals surface area (Å²) in [5.74, 6) is -0.756. The predicted octanol–water partition coefficient (Wildman–Crippen LogP) is 3.30. The number of carbonyl (C=O) groups is 4. The molecule has 0 unspecified atom stereocenters. The Bertz CT molecular complexity index is 965. The smallest absolute Gasteiger partial charge is 0.338 e. The van der Waals surface area contributed by atoms with Gasteiger partial charge in [0.25, 0.3) is 0 Å². The number of ketones is 1. The molecule has 2 aromatic carbocycles. The van der Waals surface area contributed by atoms with Crippen LogP contribution >= 0.6 is 0 Å². The molecule has 1 heterocycles. The fourth-order valence-corrected chi connectivity index (χ4v) is 3.07. The van der Waals surface area contributed by atoms with Crippen molar-refractivity contribution >= 4 is 29.3 Å². The zero-order valence-electron chi connectivity index (χ0n) is 16.3. The molecule has 0 bridgehead atoms. The van der Waals surface area contributed by atoms with Gasteiger partial charge in [-0.25, -0.2) is 4.79 Å². The third-order valence-corrected chi connectivity index (χ3v) is 4.52. The van der Waals surface area contributed by atoms with Gasteiger partial charge in [-0.1, -0.05) is 6.07 Å². The number of imide groups is 1. The van der Waals surface area contributed by atoms with Gasteiger partial charge in [-0.2, -0.15) is 0 Å². The Morgan fingerprint density at radius 1 is 1.00 bits per heavy atom. The fourth-order valence-electron chi connectivity index (χ4n) is 3.07. The number of hydrogen-bond acceptors (Lipinski definition) is 6. The molecule has 0 saturated carbocycles. The Balaban J connectivity index is 1.77. The molecule has 29 heavy (non-hydrogen) atoms. The highest BCUT2D eigenvalue weighted by atomic mass is 16.5. The van der Waals surface area contributed by atoms with Gasteiger partial charge >= 0.3 is 5.97 Å². The first kappa shape index (κ1) is 20.3. The standard InChI is InChI=1S/C22H21NO6/c1-3-28-19-8-7-15(14(2)24)11-17(19)13-29-22(27)16-5-4-6-18(12-16)23-20(25)9-10-21(23)26/h4-8,11-12H,3,9-10,13H2,1-2H3. The van der Waals surface area contributed by atoms with Crippen LogP contribution in [0.2, 0.25) is 0 Å². The van der Waals surface area contributed by atoms with Crippen molar-refractivity contribution in [1.29, 1.82) is 0 Å². The lowest BCUT2D eigenvalue weighted by molar-refractivity contribution is -0.121. The van der Waals surface area contributed by atoms with Gasteiger partial charge in [0.05, 0.1) is 17.9 Å².